The smallest absolute Gasteiger partial charge is 0.243 e. The fourth-order valence-corrected chi connectivity index (χ4v) is 6.00. The molecule has 1 atom stereocenters. The van der Waals surface area contributed by atoms with Gasteiger partial charge in [-0.15, -0.1) is 0 Å². The number of rotatable bonds is 6. The topological polar surface area (TPSA) is 57.7 Å². The normalized spacial score (nSPS) is 15.7. The van der Waals surface area contributed by atoms with Gasteiger partial charge in [-0.2, -0.15) is 4.31 Å². The van der Waals surface area contributed by atoms with Crippen LogP contribution in [0.2, 0.25) is 5.02 Å². The predicted molar refractivity (Wildman–Crippen MR) is 135 cm³/mol. The molecule has 0 spiro atoms. The lowest BCUT2D eigenvalue weighted by Crippen LogP contribution is -2.44. The highest BCUT2D eigenvalue weighted by Crippen LogP contribution is 2.34. The summed E-state index contributed by atoms with van der Waals surface area (Å²) >= 11 is 9.48. The van der Waals surface area contributed by atoms with Crippen LogP contribution in [0.3, 0.4) is 0 Å². The van der Waals surface area contributed by atoms with Crippen LogP contribution in [-0.4, -0.2) is 31.2 Å². The molecule has 1 aliphatic rings. The standard InChI is InChI=1S/C25H24BrClN2O3S/c1-17-3-10-23(11-4-17)33(31,32)28(15-19-5-8-22(27)9-6-19)16-25(30)29-18(2)13-20-14-21(26)7-12-24(20)29/h3-12,14,18H,13,15-16H2,1-2H3. The van der Waals surface area contributed by atoms with E-state index in [4.69, 9.17) is 11.6 Å². The number of benzene rings is 3. The molecule has 1 amide bonds. The molecule has 0 saturated carbocycles. The molecule has 4 rings (SSSR count). The molecule has 33 heavy (non-hydrogen) atoms. The van der Waals surface area contributed by atoms with Crippen molar-refractivity contribution in [2.75, 3.05) is 11.4 Å². The number of halogens is 2. The van der Waals surface area contributed by atoms with E-state index in [0.717, 1.165) is 33.3 Å². The summed E-state index contributed by atoms with van der Waals surface area (Å²) in [6.07, 6.45) is 0.725. The Morgan fingerprint density at radius 2 is 1.76 bits per heavy atom. The minimum absolute atomic E-state index is 0.0544. The van der Waals surface area contributed by atoms with Crippen molar-refractivity contribution in [1.82, 2.24) is 4.31 Å². The van der Waals surface area contributed by atoms with Crippen LogP contribution in [0.15, 0.2) is 76.1 Å². The lowest BCUT2D eigenvalue weighted by atomic mass is 10.1. The maximum atomic E-state index is 13.6. The van der Waals surface area contributed by atoms with Crippen LogP contribution in [-0.2, 0) is 27.8 Å². The zero-order chi connectivity index (χ0) is 23.8. The summed E-state index contributed by atoms with van der Waals surface area (Å²) in [6.45, 7) is 3.67. The SMILES string of the molecule is Cc1ccc(S(=O)(=O)N(CC(=O)N2c3ccc(Br)cc3CC2C)Cc2ccc(Cl)cc2)cc1. The Kier molecular flexibility index (Phi) is 6.96. The van der Waals surface area contributed by atoms with Gasteiger partial charge in [0.25, 0.3) is 0 Å². The van der Waals surface area contributed by atoms with Gasteiger partial charge < -0.3 is 4.90 Å². The highest BCUT2D eigenvalue weighted by Gasteiger charge is 2.34. The van der Waals surface area contributed by atoms with Crippen molar-refractivity contribution in [3.63, 3.8) is 0 Å². The number of hydrogen-bond acceptors (Lipinski definition) is 3. The first-order chi connectivity index (χ1) is 15.6. The van der Waals surface area contributed by atoms with Gasteiger partial charge in [0.15, 0.2) is 0 Å². The summed E-state index contributed by atoms with van der Waals surface area (Å²) in [5.74, 6) is -0.256. The zero-order valence-corrected chi connectivity index (χ0v) is 21.5. The van der Waals surface area contributed by atoms with Crippen molar-refractivity contribution in [1.29, 1.82) is 0 Å². The van der Waals surface area contributed by atoms with Crippen LogP contribution in [0, 0.1) is 6.92 Å². The Morgan fingerprint density at radius 1 is 1.09 bits per heavy atom. The molecule has 3 aromatic rings. The summed E-state index contributed by atoms with van der Waals surface area (Å²) in [5, 5.41) is 0.566. The fraction of sp³-hybridized carbons (Fsp3) is 0.240. The molecule has 0 fully saturated rings. The van der Waals surface area contributed by atoms with Gasteiger partial charge in [-0.05, 0) is 73.9 Å². The zero-order valence-electron chi connectivity index (χ0n) is 18.3. The van der Waals surface area contributed by atoms with Gasteiger partial charge in [0.2, 0.25) is 15.9 Å². The Hall–Kier alpha value is -2.19. The van der Waals surface area contributed by atoms with Crippen LogP contribution in [0.1, 0.15) is 23.6 Å². The van der Waals surface area contributed by atoms with E-state index in [9.17, 15) is 13.2 Å². The van der Waals surface area contributed by atoms with Crippen molar-refractivity contribution >= 4 is 49.1 Å². The molecule has 0 radical (unpaired) electrons. The van der Waals surface area contributed by atoms with E-state index in [1.165, 1.54) is 4.31 Å². The van der Waals surface area contributed by atoms with E-state index in [0.29, 0.717) is 5.02 Å². The van der Waals surface area contributed by atoms with Crippen molar-refractivity contribution in [2.24, 2.45) is 0 Å². The lowest BCUT2D eigenvalue weighted by molar-refractivity contribution is -0.119. The molecule has 0 saturated heterocycles. The Labute approximate surface area is 208 Å². The highest BCUT2D eigenvalue weighted by molar-refractivity contribution is 9.10. The monoisotopic (exact) mass is 546 g/mol. The molecular formula is C25H24BrClN2O3S. The lowest BCUT2D eigenvalue weighted by Gasteiger charge is -2.27. The van der Waals surface area contributed by atoms with Crippen molar-refractivity contribution in [3.8, 4) is 0 Å². The van der Waals surface area contributed by atoms with E-state index >= 15 is 0 Å². The average molecular weight is 548 g/mol. The van der Waals surface area contributed by atoms with E-state index in [2.05, 4.69) is 15.9 Å². The molecule has 0 aromatic heterocycles. The Balaban J connectivity index is 1.67. The first-order valence-corrected chi connectivity index (χ1v) is 13.2. The molecule has 0 N–H and O–H groups in total. The largest absolute Gasteiger partial charge is 0.308 e. The van der Waals surface area contributed by atoms with Gasteiger partial charge in [-0.25, -0.2) is 8.42 Å². The first kappa shape index (κ1) is 24.0. The third kappa shape index (κ3) is 5.17. The van der Waals surface area contributed by atoms with E-state index in [1.807, 2.05) is 32.0 Å². The summed E-state index contributed by atoms with van der Waals surface area (Å²) < 4.78 is 29.3. The fourth-order valence-electron chi connectivity index (χ4n) is 4.09. The quantitative estimate of drug-likeness (QED) is 0.405. The number of nitrogens with zero attached hydrogens (tertiary/aromatic N) is 2. The average Bonchev–Trinajstić information content (AvgIpc) is 3.09. The molecule has 5 nitrogen and oxygen atoms in total. The number of anilines is 1. The number of carbonyl (C=O) groups excluding carboxylic acids is 1. The number of carbonyl (C=O) groups is 1. The molecule has 1 unspecified atom stereocenters. The molecule has 3 aromatic carbocycles. The third-order valence-electron chi connectivity index (χ3n) is 5.77. The summed E-state index contributed by atoms with van der Waals surface area (Å²) in [4.78, 5) is 15.3. The third-order valence-corrected chi connectivity index (χ3v) is 8.32. The second-order valence-electron chi connectivity index (χ2n) is 8.30. The number of aryl methyl sites for hydroxylation is 1. The molecular weight excluding hydrogens is 524 g/mol. The van der Waals surface area contributed by atoms with Gasteiger partial charge >= 0.3 is 0 Å². The van der Waals surface area contributed by atoms with E-state index in [-0.39, 0.29) is 29.9 Å². The highest BCUT2D eigenvalue weighted by atomic mass is 79.9. The molecule has 172 valence electrons. The molecule has 8 heteroatoms. The maximum Gasteiger partial charge on any atom is 0.243 e. The second-order valence-corrected chi connectivity index (χ2v) is 11.6. The predicted octanol–water partition coefficient (Wildman–Crippen LogP) is 5.58. The van der Waals surface area contributed by atoms with Gasteiger partial charge in [-0.3, -0.25) is 4.79 Å². The summed E-state index contributed by atoms with van der Waals surface area (Å²) in [7, 11) is -3.91. The summed E-state index contributed by atoms with van der Waals surface area (Å²) in [5.41, 5.74) is 3.61. The van der Waals surface area contributed by atoms with Gasteiger partial charge in [0.05, 0.1) is 11.4 Å². The maximum absolute atomic E-state index is 13.6. The van der Waals surface area contributed by atoms with Gasteiger partial charge in [-0.1, -0.05) is 57.4 Å². The van der Waals surface area contributed by atoms with Crippen molar-refractivity contribution < 1.29 is 13.2 Å². The Morgan fingerprint density at radius 3 is 2.42 bits per heavy atom. The van der Waals surface area contributed by atoms with Crippen LogP contribution < -0.4 is 4.90 Å². The first-order valence-electron chi connectivity index (χ1n) is 10.6. The van der Waals surface area contributed by atoms with Crippen LogP contribution in [0.5, 0.6) is 0 Å². The van der Waals surface area contributed by atoms with Crippen molar-refractivity contribution in [2.45, 2.75) is 37.8 Å². The van der Waals surface area contributed by atoms with Crippen LogP contribution in [0.4, 0.5) is 5.69 Å². The van der Waals surface area contributed by atoms with E-state index < -0.39 is 10.0 Å². The van der Waals surface area contributed by atoms with Crippen LogP contribution in [0.25, 0.3) is 0 Å². The van der Waals surface area contributed by atoms with Gasteiger partial charge in [0, 0.05) is 27.8 Å². The number of amides is 1. The minimum atomic E-state index is -3.91. The minimum Gasteiger partial charge on any atom is -0.308 e. The molecule has 1 aliphatic heterocycles. The molecule has 1 heterocycles. The number of hydrogen-bond donors (Lipinski definition) is 0. The van der Waals surface area contributed by atoms with E-state index in [1.54, 1.807) is 53.4 Å². The molecule has 0 aliphatic carbocycles. The van der Waals surface area contributed by atoms with Crippen molar-refractivity contribution in [3.05, 3.63) is 92.9 Å². The second kappa shape index (κ2) is 9.58. The molecule has 0 bridgehead atoms. The summed E-state index contributed by atoms with van der Waals surface area (Å²) in [6, 6.07) is 19.4. The van der Waals surface area contributed by atoms with Gasteiger partial charge in [0.1, 0.15) is 0 Å². The number of fused-ring (bicyclic) bond motifs is 1. The number of sulfonamides is 1. The van der Waals surface area contributed by atoms with Crippen LogP contribution >= 0.6 is 27.5 Å². The Bertz CT molecular complexity index is 1280.